The van der Waals surface area contributed by atoms with E-state index < -0.39 is 0 Å². The van der Waals surface area contributed by atoms with Gasteiger partial charge in [-0.1, -0.05) is 23.7 Å². The first kappa shape index (κ1) is 20.5. The van der Waals surface area contributed by atoms with E-state index in [2.05, 4.69) is 15.2 Å². The van der Waals surface area contributed by atoms with Crippen LogP contribution in [0.1, 0.15) is 24.8 Å². The fourth-order valence-electron chi connectivity index (χ4n) is 2.23. The molecule has 0 unspecified atom stereocenters. The molecule has 23 heavy (non-hydrogen) atoms. The number of benzene rings is 1. The van der Waals surface area contributed by atoms with E-state index in [0.717, 1.165) is 49.6 Å². The average Bonchev–Trinajstić information content (AvgIpc) is 3.33. The molecule has 0 spiro atoms. The van der Waals surface area contributed by atoms with Crippen LogP contribution in [0, 0.1) is 5.92 Å². The highest BCUT2D eigenvalue weighted by Crippen LogP contribution is 2.28. The van der Waals surface area contributed by atoms with Crippen molar-refractivity contribution in [1.82, 2.24) is 10.2 Å². The molecule has 1 aliphatic carbocycles. The summed E-state index contributed by atoms with van der Waals surface area (Å²) in [6.45, 7) is 3.43. The molecule has 2 rings (SSSR count). The fourth-order valence-corrected chi connectivity index (χ4v) is 2.36. The van der Waals surface area contributed by atoms with Crippen LogP contribution in [0.5, 0.6) is 0 Å². The summed E-state index contributed by atoms with van der Waals surface area (Å²) in [6.07, 6.45) is 3.70. The molecule has 6 heteroatoms. The minimum Gasteiger partial charge on any atom is -0.381 e. The van der Waals surface area contributed by atoms with Gasteiger partial charge in [0.2, 0.25) is 0 Å². The molecule has 130 valence electrons. The lowest BCUT2D eigenvalue weighted by Gasteiger charge is -2.22. The van der Waals surface area contributed by atoms with Crippen LogP contribution in [-0.4, -0.2) is 44.7 Å². The van der Waals surface area contributed by atoms with Crippen molar-refractivity contribution in [2.45, 2.75) is 25.8 Å². The molecule has 1 N–H and O–H groups in total. The molecular formula is C17H27ClIN3O. The van der Waals surface area contributed by atoms with E-state index in [9.17, 15) is 0 Å². The Balaban J connectivity index is 0.00000264. The molecule has 1 aromatic rings. The van der Waals surface area contributed by atoms with Crippen LogP contribution in [-0.2, 0) is 11.3 Å². The van der Waals surface area contributed by atoms with Crippen molar-refractivity contribution >= 4 is 41.5 Å². The van der Waals surface area contributed by atoms with E-state index in [1.165, 1.54) is 18.4 Å². The first-order valence-corrected chi connectivity index (χ1v) is 8.31. The second-order valence-corrected chi connectivity index (χ2v) is 6.26. The van der Waals surface area contributed by atoms with Crippen molar-refractivity contribution in [1.29, 1.82) is 0 Å². The van der Waals surface area contributed by atoms with E-state index in [-0.39, 0.29) is 24.0 Å². The SMILES string of the molecule is CN=C(NCCCOCC1CC1)N(C)Cc1ccc(Cl)cc1.I. The van der Waals surface area contributed by atoms with Gasteiger partial charge in [0.05, 0.1) is 0 Å². The highest BCUT2D eigenvalue weighted by molar-refractivity contribution is 14.0. The number of hydrogen-bond donors (Lipinski definition) is 1. The number of guanidine groups is 1. The molecule has 0 heterocycles. The van der Waals surface area contributed by atoms with Crippen molar-refractivity contribution < 1.29 is 4.74 Å². The Labute approximate surface area is 161 Å². The van der Waals surface area contributed by atoms with Gasteiger partial charge in [-0.05, 0) is 42.9 Å². The van der Waals surface area contributed by atoms with Crippen LogP contribution in [0.2, 0.25) is 5.02 Å². The molecule has 0 radical (unpaired) electrons. The maximum Gasteiger partial charge on any atom is 0.193 e. The lowest BCUT2D eigenvalue weighted by molar-refractivity contribution is 0.122. The van der Waals surface area contributed by atoms with Gasteiger partial charge >= 0.3 is 0 Å². The third-order valence-electron chi connectivity index (χ3n) is 3.71. The van der Waals surface area contributed by atoms with Crippen molar-refractivity contribution in [2.24, 2.45) is 10.9 Å². The number of halogens is 2. The van der Waals surface area contributed by atoms with Gasteiger partial charge in [-0.2, -0.15) is 0 Å². The molecular weight excluding hydrogens is 425 g/mol. The van der Waals surface area contributed by atoms with E-state index in [0.29, 0.717) is 0 Å². The minimum atomic E-state index is 0. The maximum absolute atomic E-state index is 5.91. The Morgan fingerprint density at radius 3 is 2.65 bits per heavy atom. The monoisotopic (exact) mass is 451 g/mol. The van der Waals surface area contributed by atoms with E-state index >= 15 is 0 Å². The summed E-state index contributed by atoms with van der Waals surface area (Å²) in [5.41, 5.74) is 1.21. The van der Waals surface area contributed by atoms with Crippen molar-refractivity contribution in [3.63, 3.8) is 0 Å². The first-order valence-electron chi connectivity index (χ1n) is 7.93. The van der Waals surface area contributed by atoms with Crippen molar-refractivity contribution in [3.05, 3.63) is 34.9 Å². The van der Waals surface area contributed by atoms with Crippen LogP contribution >= 0.6 is 35.6 Å². The topological polar surface area (TPSA) is 36.9 Å². The zero-order valence-electron chi connectivity index (χ0n) is 13.9. The van der Waals surface area contributed by atoms with E-state index in [1.54, 1.807) is 0 Å². The summed E-state index contributed by atoms with van der Waals surface area (Å²) in [6, 6.07) is 7.91. The van der Waals surface area contributed by atoms with Gasteiger partial charge in [-0.3, -0.25) is 4.99 Å². The smallest absolute Gasteiger partial charge is 0.193 e. The summed E-state index contributed by atoms with van der Waals surface area (Å²) in [5.74, 6) is 1.74. The third kappa shape index (κ3) is 8.22. The molecule has 0 bridgehead atoms. The van der Waals surface area contributed by atoms with Crippen LogP contribution in [0.25, 0.3) is 0 Å². The Kier molecular flexibility index (Phi) is 9.90. The first-order chi connectivity index (χ1) is 10.7. The van der Waals surface area contributed by atoms with Gasteiger partial charge in [0.15, 0.2) is 5.96 Å². The molecule has 1 saturated carbocycles. The summed E-state index contributed by atoms with van der Waals surface area (Å²) in [5, 5.41) is 4.14. The number of hydrogen-bond acceptors (Lipinski definition) is 2. The molecule has 0 aromatic heterocycles. The van der Waals surface area contributed by atoms with E-state index in [1.807, 2.05) is 38.4 Å². The van der Waals surface area contributed by atoms with Crippen LogP contribution < -0.4 is 5.32 Å². The minimum absolute atomic E-state index is 0. The Morgan fingerprint density at radius 1 is 1.35 bits per heavy atom. The summed E-state index contributed by atoms with van der Waals surface area (Å²) in [7, 11) is 3.85. The molecule has 0 amide bonds. The molecule has 1 aliphatic rings. The Hall–Kier alpha value is -0.530. The summed E-state index contributed by atoms with van der Waals surface area (Å²) >= 11 is 5.91. The number of aliphatic imine (C=N–C) groups is 1. The van der Waals surface area contributed by atoms with E-state index in [4.69, 9.17) is 16.3 Å². The number of rotatable bonds is 8. The average molecular weight is 452 g/mol. The lowest BCUT2D eigenvalue weighted by Crippen LogP contribution is -2.39. The maximum atomic E-state index is 5.91. The fraction of sp³-hybridized carbons (Fsp3) is 0.588. The van der Waals surface area contributed by atoms with Gasteiger partial charge in [0.1, 0.15) is 0 Å². The Bertz CT molecular complexity index is 477. The van der Waals surface area contributed by atoms with Gasteiger partial charge in [-0.25, -0.2) is 0 Å². The number of nitrogens with one attached hydrogen (secondary N) is 1. The molecule has 0 aliphatic heterocycles. The van der Waals surface area contributed by atoms with Gasteiger partial charge < -0.3 is 15.0 Å². The third-order valence-corrected chi connectivity index (χ3v) is 3.96. The van der Waals surface area contributed by atoms with Gasteiger partial charge in [0.25, 0.3) is 0 Å². The van der Waals surface area contributed by atoms with Gasteiger partial charge in [-0.15, -0.1) is 24.0 Å². The number of ether oxygens (including phenoxy) is 1. The lowest BCUT2D eigenvalue weighted by atomic mass is 10.2. The normalized spacial score (nSPS) is 14.3. The zero-order chi connectivity index (χ0) is 15.8. The standard InChI is InChI=1S/C17H26ClN3O.HI/c1-19-17(20-10-3-11-22-13-15-4-5-15)21(2)12-14-6-8-16(18)9-7-14;/h6-9,15H,3-5,10-13H2,1-2H3,(H,19,20);1H. The quantitative estimate of drug-likeness (QED) is 0.283. The van der Waals surface area contributed by atoms with Crippen LogP contribution in [0.3, 0.4) is 0 Å². The van der Waals surface area contributed by atoms with Crippen LogP contribution in [0.15, 0.2) is 29.3 Å². The molecule has 0 saturated heterocycles. The largest absolute Gasteiger partial charge is 0.381 e. The van der Waals surface area contributed by atoms with Crippen molar-refractivity contribution in [2.75, 3.05) is 33.9 Å². The van der Waals surface area contributed by atoms with Gasteiger partial charge in [0, 0.05) is 45.4 Å². The highest BCUT2D eigenvalue weighted by Gasteiger charge is 2.20. The number of nitrogens with zero attached hydrogens (tertiary/aromatic N) is 2. The van der Waals surface area contributed by atoms with Crippen molar-refractivity contribution in [3.8, 4) is 0 Å². The predicted molar refractivity (Wildman–Crippen MR) is 108 cm³/mol. The Morgan fingerprint density at radius 2 is 2.04 bits per heavy atom. The summed E-state index contributed by atoms with van der Waals surface area (Å²) in [4.78, 5) is 6.43. The summed E-state index contributed by atoms with van der Waals surface area (Å²) < 4.78 is 5.63. The molecule has 1 aromatic carbocycles. The second-order valence-electron chi connectivity index (χ2n) is 5.83. The predicted octanol–water partition coefficient (Wildman–Crippen LogP) is 3.78. The molecule has 0 atom stereocenters. The highest BCUT2D eigenvalue weighted by atomic mass is 127. The van der Waals surface area contributed by atoms with Crippen LogP contribution in [0.4, 0.5) is 0 Å². The molecule has 1 fully saturated rings. The zero-order valence-corrected chi connectivity index (χ0v) is 17.0. The second kappa shape index (κ2) is 11.1. The molecule has 4 nitrogen and oxygen atoms in total.